The lowest BCUT2D eigenvalue weighted by Gasteiger charge is -2.08. The molecule has 0 aliphatic heterocycles. The minimum absolute atomic E-state index is 0.0153. The summed E-state index contributed by atoms with van der Waals surface area (Å²) in [7, 11) is 0. The number of nitrogens with one attached hydrogen (secondary N) is 2. The molecule has 1 heterocycles. The Kier molecular flexibility index (Phi) is 4.74. The molecule has 7 heteroatoms. The fourth-order valence-corrected chi connectivity index (χ4v) is 1.88. The average Bonchev–Trinajstić information content (AvgIpc) is 2.89. The SMILES string of the molecule is CC(CO)CNC(=O)c1cc2c(OC(F)F)cccc2[nH]1. The predicted molar refractivity (Wildman–Crippen MR) is 73.5 cm³/mol. The number of halogens is 2. The number of hydrogen-bond acceptors (Lipinski definition) is 3. The maximum Gasteiger partial charge on any atom is 0.387 e. The van der Waals surface area contributed by atoms with E-state index in [2.05, 4.69) is 15.0 Å². The van der Waals surface area contributed by atoms with Crippen molar-refractivity contribution in [1.82, 2.24) is 10.3 Å². The molecule has 1 atom stereocenters. The van der Waals surface area contributed by atoms with E-state index in [4.69, 9.17) is 5.11 Å². The molecule has 2 rings (SSSR count). The van der Waals surface area contributed by atoms with Crippen molar-refractivity contribution in [1.29, 1.82) is 0 Å². The van der Waals surface area contributed by atoms with Gasteiger partial charge in [0, 0.05) is 24.1 Å². The minimum atomic E-state index is -2.92. The molecular weight excluding hydrogens is 282 g/mol. The number of ether oxygens (including phenoxy) is 1. The van der Waals surface area contributed by atoms with Crippen molar-refractivity contribution >= 4 is 16.8 Å². The van der Waals surface area contributed by atoms with E-state index < -0.39 is 6.61 Å². The van der Waals surface area contributed by atoms with Gasteiger partial charge in [0.15, 0.2) is 0 Å². The van der Waals surface area contributed by atoms with Gasteiger partial charge in [-0.25, -0.2) is 0 Å². The number of carbonyl (C=O) groups excluding carboxylic acids is 1. The summed E-state index contributed by atoms with van der Waals surface area (Å²) < 4.78 is 29.1. The zero-order chi connectivity index (χ0) is 15.4. The number of hydrogen-bond donors (Lipinski definition) is 3. The molecule has 1 unspecified atom stereocenters. The van der Waals surface area contributed by atoms with Crippen LogP contribution in [0.1, 0.15) is 17.4 Å². The first-order valence-corrected chi connectivity index (χ1v) is 6.47. The standard InChI is InChI=1S/C14H16F2N2O3/c1-8(7-19)6-17-13(20)11-5-9-10(18-11)3-2-4-12(9)21-14(15)16/h2-5,8,14,18-19H,6-7H2,1H3,(H,17,20). The highest BCUT2D eigenvalue weighted by molar-refractivity contribution is 5.99. The molecule has 5 nitrogen and oxygen atoms in total. The van der Waals surface area contributed by atoms with Crippen LogP contribution in [0.3, 0.4) is 0 Å². The summed E-state index contributed by atoms with van der Waals surface area (Å²) in [6, 6.07) is 6.11. The Labute approximate surface area is 119 Å². The fraction of sp³-hybridized carbons (Fsp3) is 0.357. The highest BCUT2D eigenvalue weighted by Crippen LogP contribution is 2.27. The largest absolute Gasteiger partial charge is 0.434 e. The van der Waals surface area contributed by atoms with Gasteiger partial charge in [-0.2, -0.15) is 8.78 Å². The smallest absolute Gasteiger partial charge is 0.387 e. The summed E-state index contributed by atoms with van der Waals surface area (Å²) in [6.45, 7) is -0.835. The van der Waals surface area contributed by atoms with Crippen LogP contribution < -0.4 is 10.1 Å². The third-order valence-corrected chi connectivity index (χ3v) is 3.01. The van der Waals surface area contributed by atoms with Gasteiger partial charge in [-0.1, -0.05) is 13.0 Å². The molecule has 0 fully saturated rings. The Balaban J connectivity index is 2.20. The molecule has 0 saturated carbocycles. The number of amides is 1. The number of aromatic nitrogens is 1. The lowest BCUT2D eigenvalue weighted by molar-refractivity contribution is -0.0487. The van der Waals surface area contributed by atoms with Crippen LogP contribution in [-0.4, -0.2) is 35.8 Å². The molecule has 0 aliphatic rings. The van der Waals surface area contributed by atoms with Crippen LogP contribution in [0.2, 0.25) is 0 Å². The summed E-state index contributed by atoms with van der Waals surface area (Å²) in [4.78, 5) is 14.8. The predicted octanol–water partition coefficient (Wildman–Crippen LogP) is 2.13. The lowest BCUT2D eigenvalue weighted by atomic mass is 10.2. The third kappa shape index (κ3) is 3.69. The van der Waals surface area contributed by atoms with E-state index in [0.29, 0.717) is 17.4 Å². The summed E-state index contributed by atoms with van der Waals surface area (Å²) >= 11 is 0. The molecule has 0 saturated heterocycles. The number of aliphatic hydroxyl groups excluding tert-OH is 1. The van der Waals surface area contributed by atoms with Crippen LogP contribution in [0.5, 0.6) is 5.75 Å². The van der Waals surface area contributed by atoms with Gasteiger partial charge >= 0.3 is 6.61 Å². The van der Waals surface area contributed by atoms with Crippen LogP contribution >= 0.6 is 0 Å². The molecule has 0 bridgehead atoms. The number of aliphatic hydroxyl groups is 1. The van der Waals surface area contributed by atoms with Crippen molar-refractivity contribution in [2.75, 3.05) is 13.2 Å². The molecule has 1 aromatic carbocycles. The Bertz CT molecular complexity index is 628. The number of rotatable bonds is 6. The molecule has 1 amide bonds. The quantitative estimate of drug-likeness (QED) is 0.765. The monoisotopic (exact) mass is 298 g/mol. The zero-order valence-corrected chi connectivity index (χ0v) is 11.4. The highest BCUT2D eigenvalue weighted by atomic mass is 19.3. The maximum absolute atomic E-state index is 12.3. The van der Waals surface area contributed by atoms with Gasteiger partial charge in [0.1, 0.15) is 11.4 Å². The number of H-pyrrole nitrogens is 1. The Morgan fingerprint density at radius 3 is 2.90 bits per heavy atom. The van der Waals surface area contributed by atoms with E-state index in [-0.39, 0.29) is 29.9 Å². The van der Waals surface area contributed by atoms with Gasteiger partial charge in [-0.3, -0.25) is 4.79 Å². The second-order valence-corrected chi connectivity index (χ2v) is 4.78. The molecule has 0 radical (unpaired) electrons. The van der Waals surface area contributed by atoms with Crippen molar-refractivity contribution in [2.24, 2.45) is 5.92 Å². The number of aromatic amines is 1. The molecule has 21 heavy (non-hydrogen) atoms. The molecule has 1 aromatic heterocycles. The third-order valence-electron chi connectivity index (χ3n) is 3.01. The highest BCUT2D eigenvalue weighted by Gasteiger charge is 2.14. The van der Waals surface area contributed by atoms with Crippen molar-refractivity contribution in [3.63, 3.8) is 0 Å². The summed E-state index contributed by atoms with van der Waals surface area (Å²) in [6.07, 6.45) is 0. The van der Waals surface area contributed by atoms with E-state index in [9.17, 15) is 13.6 Å². The normalized spacial score (nSPS) is 12.6. The van der Waals surface area contributed by atoms with Gasteiger partial charge in [0.05, 0.1) is 0 Å². The fourth-order valence-electron chi connectivity index (χ4n) is 1.88. The first-order chi connectivity index (χ1) is 10.0. The second kappa shape index (κ2) is 6.53. The van der Waals surface area contributed by atoms with Gasteiger partial charge in [-0.15, -0.1) is 0 Å². The average molecular weight is 298 g/mol. The maximum atomic E-state index is 12.3. The van der Waals surface area contributed by atoms with Gasteiger partial charge in [0.25, 0.3) is 5.91 Å². The second-order valence-electron chi connectivity index (χ2n) is 4.78. The zero-order valence-electron chi connectivity index (χ0n) is 11.4. The van der Waals surface area contributed by atoms with E-state index in [1.807, 2.05) is 0 Å². The number of carbonyl (C=O) groups is 1. The summed E-state index contributed by atoms with van der Waals surface area (Å²) in [5, 5.41) is 12.0. The van der Waals surface area contributed by atoms with Crippen LogP contribution in [0.15, 0.2) is 24.3 Å². The number of alkyl halides is 2. The van der Waals surface area contributed by atoms with Crippen molar-refractivity contribution < 1.29 is 23.4 Å². The van der Waals surface area contributed by atoms with Crippen LogP contribution in [0.25, 0.3) is 10.9 Å². The summed E-state index contributed by atoms with van der Waals surface area (Å²) in [5.74, 6) is -0.410. The molecule has 2 aromatic rings. The van der Waals surface area contributed by atoms with E-state index in [1.54, 1.807) is 19.1 Å². The Morgan fingerprint density at radius 2 is 2.24 bits per heavy atom. The van der Waals surface area contributed by atoms with Gasteiger partial charge in [0.2, 0.25) is 0 Å². The molecule has 0 spiro atoms. The van der Waals surface area contributed by atoms with E-state index in [0.717, 1.165) is 0 Å². The summed E-state index contributed by atoms with van der Waals surface area (Å²) in [5.41, 5.74) is 0.786. The number of benzene rings is 1. The topological polar surface area (TPSA) is 74.3 Å². The number of fused-ring (bicyclic) bond motifs is 1. The van der Waals surface area contributed by atoms with Gasteiger partial charge in [-0.05, 0) is 24.1 Å². The Hall–Kier alpha value is -2.15. The molecule has 0 aliphatic carbocycles. The van der Waals surface area contributed by atoms with Crippen molar-refractivity contribution in [3.8, 4) is 5.75 Å². The first-order valence-electron chi connectivity index (χ1n) is 6.47. The minimum Gasteiger partial charge on any atom is -0.434 e. The van der Waals surface area contributed by atoms with E-state index >= 15 is 0 Å². The Morgan fingerprint density at radius 1 is 1.48 bits per heavy atom. The van der Waals surface area contributed by atoms with E-state index in [1.165, 1.54) is 12.1 Å². The van der Waals surface area contributed by atoms with Crippen molar-refractivity contribution in [2.45, 2.75) is 13.5 Å². The van der Waals surface area contributed by atoms with Crippen LogP contribution in [0.4, 0.5) is 8.78 Å². The lowest BCUT2D eigenvalue weighted by Crippen LogP contribution is -2.29. The molecule has 3 N–H and O–H groups in total. The van der Waals surface area contributed by atoms with Crippen molar-refractivity contribution in [3.05, 3.63) is 30.0 Å². The molecular formula is C14H16F2N2O3. The first kappa shape index (κ1) is 15.2. The van der Waals surface area contributed by atoms with Crippen LogP contribution in [-0.2, 0) is 0 Å². The van der Waals surface area contributed by atoms with Crippen LogP contribution in [0, 0.1) is 5.92 Å². The van der Waals surface area contributed by atoms with Gasteiger partial charge < -0.3 is 20.1 Å². The molecule has 114 valence electrons.